The third-order valence-electron chi connectivity index (χ3n) is 5.67. The van der Waals surface area contributed by atoms with Crippen molar-refractivity contribution in [3.63, 3.8) is 0 Å². The summed E-state index contributed by atoms with van der Waals surface area (Å²) in [5.74, 6) is 0.204. The number of esters is 1. The van der Waals surface area contributed by atoms with E-state index >= 15 is 0 Å². The smallest absolute Gasteiger partial charge is 0.324 e. The molecule has 0 spiro atoms. The van der Waals surface area contributed by atoms with Gasteiger partial charge in [-0.2, -0.15) is 0 Å². The molecule has 2 rings (SSSR count). The highest BCUT2D eigenvalue weighted by atomic mass is 32.2. The van der Waals surface area contributed by atoms with Gasteiger partial charge < -0.3 is 4.74 Å². The molecule has 0 aromatic rings. The number of hydrogen-bond donors (Lipinski definition) is 0. The lowest BCUT2D eigenvalue weighted by atomic mass is 9.67. The van der Waals surface area contributed by atoms with Crippen molar-refractivity contribution in [2.45, 2.75) is 71.4 Å². The Morgan fingerprint density at radius 3 is 2.67 bits per heavy atom. The van der Waals surface area contributed by atoms with Gasteiger partial charge in [0.2, 0.25) is 0 Å². The molecular weight excluding hydrogens is 326 g/mol. The normalized spacial score (nSPS) is 32.5. The van der Waals surface area contributed by atoms with Gasteiger partial charge in [-0.25, -0.2) is 8.51 Å². The average Bonchev–Trinajstić information content (AvgIpc) is 3.03. The third kappa shape index (κ3) is 4.14. The predicted molar refractivity (Wildman–Crippen MR) is 94.4 cm³/mol. The molecule has 1 saturated carbocycles. The Labute approximate surface area is 147 Å². The summed E-state index contributed by atoms with van der Waals surface area (Å²) in [5, 5.41) is -0.556. The molecule has 4 atom stereocenters. The zero-order valence-electron chi connectivity index (χ0n) is 15.0. The molecule has 1 heterocycles. The summed E-state index contributed by atoms with van der Waals surface area (Å²) in [6.45, 7) is 10.5. The molecule has 2 unspecified atom stereocenters. The largest absolute Gasteiger partial charge is 0.461 e. The molecule has 0 radical (unpaired) electrons. The lowest BCUT2D eigenvalue weighted by Gasteiger charge is -2.41. The minimum atomic E-state index is -1.84. The van der Waals surface area contributed by atoms with Crippen LogP contribution in [0.1, 0.15) is 59.3 Å². The highest BCUT2D eigenvalue weighted by molar-refractivity contribution is 7.98. The molecule has 24 heavy (non-hydrogen) atoms. The molecule has 1 aliphatic heterocycles. The van der Waals surface area contributed by atoms with Crippen molar-refractivity contribution in [2.24, 2.45) is 11.3 Å². The van der Waals surface area contributed by atoms with Gasteiger partial charge in [-0.15, -0.1) is 0 Å². The number of carbonyl (C=O) groups excluding carboxylic acids is 2. The van der Waals surface area contributed by atoms with Crippen LogP contribution >= 0.6 is 0 Å². The lowest BCUT2D eigenvalue weighted by Crippen LogP contribution is -2.43. The van der Waals surface area contributed by atoms with Crippen LogP contribution in [0.25, 0.3) is 0 Å². The predicted octanol–water partition coefficient (Wildman–Crippen LogP) is 2.98. The summed E-state index contributed by atoms with van der Waals surface area (Å²) >= 11 is 0. The molecule has 136 valence electrons. The average molecular weight is 356 g/mol. The van der Waals surface area contributed by atoms with Gasteiger partial charge in [0, 0.05) is 6.54 Å². The van der Waals surface area contributed by atoms with E-state index in [9.17, 15) is 13.8 Å². The maximum atomic E-state index is 12.6. The number of hydrogen-bond acceptors (Lipinski definition) is 4. The second kappa shape index (κ2) is 7.91. The molecule has 6 heteroatoms. The second-order valence-corrected chi connectivity index (χ2v) is 8.90. The van der Waals surface area contributed by atoms with Crippen LogP contribution in [-0.4, -0.2) is 38.3 Å². The fraction of sp³-hybridized carbons (Fsp3) is 0.778. The fourth-order valence-corrected chi connectivity index (χ4v) is 4.78. The summed E-state index contributed by atoms with van der Waals surface area (Å²) in [5.41, 5.74) is 0.195. The molecule has 1 aliphatic carbocycles. The fourth-order valence-electron chi connectivity index (χ4n) is 3.69. The molecule has 5 nitrogen and oxygen atoms in total. The van der Waals surface area contributed by atoms with E-state index in [0.29, 0.717) is 18.9 Å². The van der Waals surface area contributed by atoms with Crippen molar-refractivity contribution in [3.05, 3.63) is 12.7 Å². The van der Waals surface area contributed by atoms with Crippen LogP contribution in [0, 0.1) is 11.3 Å². The van der Waals surface area contributed by atoms with Crippen molar-refractivity contribution in [1.29, 1.82) is 0 Å². The topological polar surface area (TPSA) is 63.7 Å². The van der Waals surface area contributed by atoms with Crippen molar-refractivity contribution >= 4 is 22.1 Å². The van der Waals surface area contributed by atoms with Crippen LogP contribution < -0.4 is 0 Å². The SMILES string of the molecule is C=CC(=O)[S@@](=O)N1CCCC1C(=O)O[C@@H]1CCCC(C)(C(C)C)C1. The first-order chi connectivity index (χ1) is 11.3. The van der Waals surface area contributed by atoms with Crippen LogP contribution in [0.4, 0.5) is 0 Å². The van der Waals surface area contributed by atoms with E-state index in [0.717, 1.165) is 38.2 Å². The summed E-state index contributed by atoms with van der Waals surface area (Å²) in [6, 6.07) is -0.582. The first-order valence-corrected chi connectivity index (χ1v) is 9.94. The van der Waals surface area contributed by atoms with E-state index in [1.54, 1.807) is 0 Å². The molecular formula is C18H29NO4S. The monoisotopic (exact) mass is 355 g/mol. The minimum absolute atomic E-state index is 0.0790. The molecule has 0 bridgehead atoms. The van der Waals surface area contributed by atoms with Gasteiger partial charge in [0.15, 0.2) is 11.0 Å². The van der Waals surface area contributed by atoms with E-state index in [1.807, 2.05) is 0 Å². The molecule has 2 fully saturated rings. The Kier molecular flexibility index (Phi) is 6.37. The summed E-state index contributed by atoms with van der Waals surface area (Å²) < 4.78 is 19.4. The van der Waals surface area contributed by atoms with Crippen molar-refractivity contribution in [2.75, 3.05) is 6.54 Å². The van der Waals surface area contributed by atoms with Crippen LogP contribution in [0.5, 0.6) is 0 Å². The van der Waals surface area contributed by atoms with Crippen LogP contribution in [0.2, 0.25) is 0 Å². The molecule has 0 amide bonds. The van der Waals surface area contributed by atoms with Crippen LogP contribution in [0.3, 0.4) is 0 Å². The van der Waals surface area contributed by atoms with Gasteiger partial charge in [0.05, 0.1) is 0 Å². The van der Waals surface area contributed by atoms with Crippen LogP contribution in [0.15, 0.2) is 12.7 Å². The van der Waals surface area contributed by atoms with E-state index in [1.165, 1.54) is 4.31 Å². The maximum Gasteiger partial charge on any atom is 0.324 e. The maximum absolute atomic E-state index is 12.6. The highest BCUT2D eigenvalue weighted by Crippen LogP contribution is 2.43. The van der Waals surface area contributed by atoms with Gasteiger partial charge in [-0.05, 0) is 55.9 Å². The zero-order valence-corrected chi connectivity index (χ0v) is 15.8. The van der Waals surface area contributed by atoms with Gasteiger partial charge in [0.1, 0.15) is 12.1 Å². The van der Waals surface area contributed by atoms with Gasteiger partial charge in [0.25, 0.3) is 5.12 Å². The molecule has 0 N–H and O–H groups in total. The number of rotatable bonds is 5. The van der Waals surface area contributed by atoms with Gasteiger partial charge >= 0.3 is 5.97 Å². The first-order valence-electron chi connectivity index (χ1n) is 8.84. The Morgan fingerprint density at radius 1 is 1.33 bits per heavy atom. The third-order valence-corrected chi connectivity index (χ3v) is 7.05. The number of nitrogens with zero attached hydrogens (tertiary/aromatic N) is 1. The molecule has 2 aliphatic rings. The van der Waals surface area contributed by atoms with Gasteiger partial charge in [-0.3, -0.25) is 9.59 Å². The molecule has 1 saturated heterocycles. The summed E-state index contributed by atoms with van der Waals surface area (Å²) in [4.78, 5) is 24.2. The Balaban J connectivity index is 1.99. The van der Waals surface area contributed by atoms with E-state index in [-0.39, 0.29) is 17.5 Å². The van der Waals surface area contributed by atoms with E-state index < -0.39 is 22.1 Å². The van der Waals surface area contributed by atoms with Crippen molar-refractivity contribution < 1.29 is 18.5 Å². The van der Waals surface area contributed by atoms with E-state index in [2.05, 4.69) is 27.4 Å². The summed E-state index contributed by atoms with van der Waals surface area (Å²) in [6.07, 6.45) is 6.27. The Morgan fingerprint density at radius 2 is 2.04 bits per heavy atom. The van der Waals surface area contributed by atoms with Crippen molar-refractivity contribution in [1.82, 2.24) is 4.31 Å². The standard InChI is InChI=1S/C18H29NO4S/c1-5-16(20)24(22)19-11-7-9-15(19)17(21)23-14-8-6-10-18(4,12-14)13(2)3/h5,13-15H,1,6-12H2,2-4H3/t14-,15?,18?,24-/m1/s1. The number of carbonyl (C=O) groups is 2. The van der Waals surface area contributed by atoms with E-state index in [4.69, 9.17) is 4.74 Å². The first kappa shape index (κ1) is 19.3. The van der Waals surface area contributed by atoms with Crippen LogP contribution in [-0.2, 0) is 25.3 Å². The molecule has 0 aromatic heterocycles. The van der Waals surface area contributed by atoms with Crippen molar-refractivity contribution in [3.8, 4) is 0 Å². The number of ether oxygens (including phenoxy) is 1. The second-order valence-electron chi connectivity index (χ2n) is 7.54. The lowest BCUT2D eigenvalue weighted by molar-refractivity contribution is -0.157. The minimum Gasteiger partial charge on any atom is -0.461 e. The highest BCUT2D eigenvalue weighted by Gasteiger charge is 2.41. The summed E-state index contributed by atoms with van der Waals surface area (Å²) in [7, 11) is -1.84. The zero-order chi connectivity index (χ0) is 17.9. The Hall–Kier alpha value is -1.01. The molecule has 0 aromatic carbocycles. The quantitative estimate of drug-likeness (QED) is 0.562. The van der Waals surface area contributed by atoms with Gasteiger partial charge in [-0.1, -0.05) is 27.4 Å². The Bertz CT molecular complexity index is 533.